The van der Waals surface area contributed by atoms with Crippen molar-refractivity contribution < 1.29 is 33.3 Å². The molecule has 0 bridgehead atoms. The van der Waals surface area contributed by atoms with Gasteiger partial charge < -0.3 is 20.4 Å². The number of thioether (sulfide) groups is 1. The van der Waals surface area contributed by atoms with Crippen LogP contribution in [0.4, 0.5) is 9.18 Å². The third kappa shape index (κ3) is 4.42. The molecular weight excluding hydrogens is 487 g/mol. The summed E-state index contributed by atoms with van der Waals surface area (Å²) in [4.78, 5) is 36.0. The van der Waals surface area contributed by atoms with E-state index in [0.717, 1.165) is 27.3 Å². The third-order valence-corrected chi connectivity index (χ3v) is 5.90. The molecule has 2 amide bonds. The van der Waals surface area contributed by atoms with Crippen LogP contribution in [0.15, 0.2) is 37.2 Å². The molecule has 4 rings (SSSR count). The summed E-state index contributed by atoms with van der Waals surface area (Å²) in [5.74, 6) is -2.04. The van der Waals surface area contributed by atoms with Crippen LogP contribution in [0.2, 0.25) is 5.02 Å². The van der Waals surface area contributed by atoms with Crippen molar-refractivity contribution in [3.05, 3.63) is 39.6 Å². The lowest BCUT2D eigenvalue weighted by molar-refractivity contribution is -0.155. The van der Waals surface area contributed by atoms with Crippen molar-refractivity contribution in [2.24, 2.45) is 0 Å². The molecule has 1 aliphatic heterocycles. The minimum absolute atomic E-state index is 0.0620. The molecule has 0 saturated carbocycles. The molecular formula is C17H14ClFN6O7S. The number of β-amino-alcohol motifs (C(OH)–C–C–N with tert-alkyl or cyclic N) is 1. The van der Waals surface area contributed by atoms with E-state index in [0.29, 0.717) is 0 Å². The van der Waals surface area contributed by atoms with Crippen LogP contribution in [0.3, 0.4) is 0 Å². The molecule has 0 unspecified atom stereocenters. The zero-order valence-corrected chi connectivity index (χ0v) is 18.0. The Kier molecular flexibility index (Phi) is 6.09. The number of carbonyl (C=O) groups excluding carboxylic acids is 1. The quantitative estimate of drug-likeness (QED) is 0.305. The number of hydrogen-bond acceptors (Lipinski definition) is 10. The Morgan fingerprint density at radius 1 is 1.30 bits per heavy atom. The number of halogens is 2. The predicted octanol–water partition coefficient (Wildman–Crippen LogP) is 0.601. The number of carbonyl (C=O) groups is 2. The first kappa shape index (κ1) is 22.8. The van der Waals surface area contributed by atoms with Gasteiger partial charge in [-0.25, -0.2) is 23.2 Å². The second kappa shape index (κ2) is 8.84. The van der Waals surface area contributed by atoms with E-state index in [2.05, 4.69) is 20.8 Å². The van der Waals surface area contributed by atoms with Gasteiger partial charge in [0, 0.05) is 12.3 Å². The fraction of sp³-hybridized carbons (Fsp3) is 0.294. The zero-order valence-electron chi connectivity index (χ0n) is 16.4. The van der Waals surface area contributed by atoms with E-state index in [1.807, 2.05) is 0 Å². The maximum absolute atomic E-state index is 13.5. The Hall–Kier alpha value is -3.43. The lowest BCUT2D eigenvalue weighted by atomic mass is 9.94. The minimum atomic E-state index is -1.77. The van der Waals surface area contributed by atoms with Crippen molar-refractivity contribution in [3.63, 3.8) is 0 Å². The van der Waals surface area contributed by atoms with Gasteiger partial charge in [0.1, 0.15) is 5.82 Å². The van der Waals surface area contributed by atoms with Crippen LogP contribution in [-0.4, -0.2) is 78.1 Å². The molecule has 1 aliphatic rings. The van der Waals surface area contributed by atoms with E-state index < -0.39 is 29.2 Å². The molecule has 0 atom stereocenters. The lowest BCUT2D eigenvalue weighted by Gasteiger charge is -2.43. The number of nitrogens with zero attached hydrogens (tertiary/aromatic N) is 5. The molecule has 1 saturated heterocycles. The van der Waals surface area contributed by atoms with Gasteiger partial charge in [0.05, 0.1) is 23.8 Å². The van der Waals surface area contributed by atoms with Crippen LogP contribution in [0.5, 0.6) is 0 Å². The van der Waals surface area contributed by atoms with Gasteiger partial charge in [-0.15, -0.1) is 0 Å². The molecule has 0 aliphatic carbocycles. The largest absolute Gasteiger partial charge is 0.465 e. The van der Waals surface area contributed by atoms with Gasteiger partial charge >= 0.3 is 11.8 Å². The highest BCUT2D eigenvalue weighted by Gasteiger charge is 2.49. The minimum Gasteiger partial charge on any atom is -0.465 e. The fourth-order valence-electron chi connectivity index (χ4n) is 3.00. The summed E-state index contributed by atoms with van der Waals surface area (Å²) in [6, 6.07) is 3.59. The average molecular weight is 501 g/mol. The molecule has 0 spiro atoms. The first-order valence-electron chi connectivity index (χ1n) is 9.18. The Labute approximate surface area is 192 Å². The molecule has 0 radical (unpaired) electrons. The van der Waals surface area contributed by atoms with Gasteiger partial charge in [-0.2, -0.15) is 0 Å². The summed E-state index contributed by atoms with van der Waals surface area (Å²) < 4.78 is 24.0. The van der Waals surface area contributed by atoms with Crippen LogP contribution in [0.25, 0.3) is 17.2 Å². The van der Waals surface area contributed by atoms with Crippen molar-refractivity contribution in [1.82, 2.24) is 30.3 Å². The highest BCUT2D eigenvalue weighted by molar-refractivity contribution is 7.99. The Bertz CT molecular complexity index is 1270. The number of benzene rings is 1. The second-order valence-corrected chi connectivity index (χ2v) is 8.39. The van der Waals surface area contributed by atoms with E-state index in [9.17, 15) is 23.9 Å². The SMILES string of the molecule is O=C(O)N1CC(O)(C(=O)NCCSc2nonc2-c2noc(=O)n2-c2ccc(F)c(Cl)c2)C1. The first-order chi connectivity index (χ1) is 15.7. The summed E-state index contributed by atoms with van der Waals surface area (Å²) in [5.41, 5.74) is -1.53. The normalized spacial score (nSPS) is 14.7. The smallest absolute Gasteiger partial charge is 0.446 e. The van der Waals surface area contributed by atoms with Crippen molar-refractivity contribution in [2.45, 2.75) is 10.6 Å². The summed E-state index contributed by atoms with van der Waals surface area (Å²) in [5, 5.41) is 32.6. The molecule has 33 heavy (non-hydrogen) atoms. The first-order valence-corrected chi connectivity index (χ1v) is 10.5. The number of rotatable bonds is 7. The third-order valence-electron chi connectivity index (χ3n) is 4.66. The standard InChI is InChI=1S/C17H14ClFN6O7S/c18-9-5-8(1-2-10(9)19)25-12(22-31-16(25)29)11-13(23-32-21-11)33-4-3-20-14(26)17(30)6-24(7-17)15(27)28/h1-2,5,30H,3-4,6-7H2,(H,20,26)(H,27,28). The van der Waals surface area contributed by atoms with Crippen LogP contribution in [0, 0.1) is 5.82 Å². The number of amides is 2. The van der Waals surface area contributed by atoms with E-state index in [-0.39, 0.29) is 52.6 Å². The van der Waals surface area contributed by atoms with Crippen LogP contribution >= 0.6 is 23.4 Å². The van der Waals surface area contributed by atoms with Gasteiger partial charge in [0.25, 0.3) is 5.91 Å². The molecule has 3 aromatic rings. The Balaban J connectivity index is 1.42. The number of carboxylic acid groups (broad SMARTS) is 1. The molecule has 16 heteroatoms. The van der Waals surface area contributed by atoms with Crippen molar-refractivity contribution in [2.75, 3.05) is 25.4 Å². The molecule has 3 N–H and O–H groups in total. The molecule has 174 valence electrons. The van der Waals surface area contributed by atoms with E-state index in [4.69, 9.17) is 25.9 Å². The van der Waals surface area contributed by atoms with Gasteiger partial charge in [0.2, 0.25) is 5.82 Å². The molecule has 1 fully saturated rings. The van der Waals surface area contributed by atoms with Gasteiger partial charge in [0.15, 0.2) is 16.3 Å². The van der Waals surface area contributed by atoms with Crippen LogP contribution in [0.1, 0.15) is 0 Å². The Morgan fingerprint density at radius 2 is 2.06 bits per heavy atom. The number of hydrogen-bond donors (Lipinski definition) is 3. The summed E-state index contributed by atoms with van der Waals surface area (Å²) in [7, 11) is 0. The van der Waals surface area contributed by atoms with Gasteiger partial charge in [-0.3, -0.25) is 9.32 Å². The number of nitrogens with one attached hydrogen (secondary N) is 1. The van der Waals surface area contributed by atoms with Crippen molar-refractivity contribution in [1.29, 1.82) is 0 Å². The molecule has 2 aromatic heterocycles. The average Bonchev–Trinajstić information content (AvgIpc) is 3.36. The topological polar surface area (TPSA) is 177 Å². The fourth-order valence-corrected chi connectivity index (χ4v) is 3.93. The monoisotopic (exact) mass is 500 g/mol. The summed E-state index contributed by atoms with van der Waals surface area (Å²) in [6.07, 6.45) is -1.22. The number of aromatic nitrogens is 4. The maximum atomic E-state index is 13.5. The van der Waals surface area contributed by atoms with E-state index in [1.165, 1.54) is 12.1 Å². The molecule has 3 heterocycles. The lowest BCUT2D eigenvalue weighted by Crippen LogP contribution is -2.69. The highest BCUT2D eigenvalue weighted by Crippen LogP contribution is 2.29. The van der Waals surface area contributed by atoms with Crippen molar-refractivity contribution >= 4 is 35.4 Å². The molecule has 13 nitrogen and oxygen atoms in total. The molecule has 1 aromatic carbocycles. The predicted molar refractivity (Wildman–Crippen MR) is 109 cm³/mol. The van der Waals surface area contributed by atoms with E-state index in [1.54, 1.807) is 0 Å². The maximum Gasteiger partial charge on any atom is 0.446 e. The highest BCUT2D eigenvalue weighted by atomic mass is 35.5. The summed E-state index contributed by atoms with van der Waals surface area (Å²) >= 11 is 6.90. The van der Waals surface area contributed by atoms with Crippen molar-refractivity contribution in [3.8, 4) is 17.2 Å². The zero-order chi connectivity index (χ0) is 23.8. The Morgan fingerprint density at radius 3 is 2.76 bits per heavy atom. The second-order valence-electron chi connectivity index (χ2n) is 6.90. The van der Waals surface area contributed by atoms with Gasteiger partial charge in [-0.05, 0) is 28.5 Å². The summed E-state index contributed by atoms with van der Waals surface area (Å²) in [6.45, 7) is -0.518. The van der Waals surface area contributed by atoms with E-state index >= 15 is 0 Å². The number of aliphatic hydroxyl groups is 1. The van der Waals surface area contributed by atoms with Gasteiger partial charge in [-0.1, -0.05) is 28.5 Å². The van der Waals surface area contributed by atoms with Crippen LogP contribution < -0.4 is 11.1 Å². The number of likely N-dealkylation sites (tertiary alicyclic amines) is 1. The van der Waals surface area contributed by atoms with Crippen LogP contribution in [-0.2, 0) is 4.79 Å².